The number of hydrogen-bond acceptors (Lipinski definition) is 0. The van der Waals surface area contributed by atoms with Crippen molar-refractivity contribution in [2.24, 2.45) is 11.8 Å². The van der Waals surface area contributed by atoms with Crippen LogP contribution in [0.15, 0.2) is 12.2 Å². The molecule has 0 heteroatoms. The second kappa shape index (κ2) is 2.17. The highest BCUT2D eigenvalue weighted by molar-refractivity contribution is 4.94. The summed E-state index contributed by atoms with van der Waals surface area (Å²) in [6.45, 7) is 0. The van der Waals surface area contributed by atoms with Crippen molar-refractivity contribution in [1.82, 2.24) is 0 Å². The molecule has 50 valence electrons. The van der Waals surface area contributed by atoms with Gasteiger partial charge in [-0.05, 0) is 43.9 Å². The van der Waals surface area contributed by atoms with E-state index in [1.807, 2.05) is 0 Å². The number of rotatable bonds is 0. The van der Waals surface area contributed by atoms with Crippen LogP contribution < -0.4 is 0 Å². The van der Waals surface area contributed by atoms with Gasteiger partial charge < -0.3 is 0 Å². The first-order valence-electron chi connectivity index (χ1n) is 4.12. The smallest absolute Gasteiger partial charge is 0.0348 e. The minimum absolute atomic E-state index is 1.13. The van der Waals surface area contributed by atoms with E-state index >= 15 is 0 Å². The summed E-state index contributed by atoms with van der Waals surface area (Å²) in [5, 5.41) is 0. The molecular weight excluding hydrogens is 108 g/mol. The summed E-state index contributed by atoms with van der Waals surface area (Å²) < 4.78 is 0. The third-order valence-corrected chi connectivity index (χ3v) is 2.64. The summed E-state index contributed by atoms with van der Waals surface area (Å²) in [4.78, 5) is 0. The minimum atomic E-state index is 1.13. The maximum atomic E-state index is 2.36. The molecule has 0 aromatic rings. The Morgan fingerprint density at radius 2 is 1.44 bits per heavy atom. The van der Waals surface area contributed by atoms with E-state index in [-0.39, 0.29) is 0 Å². The summed E-state index contributed by atoms with van der Waals surface area (Å²) in [5.74, 6) is 2.27. The van der Waals surface area contributed by atoms with Crippen LogP contribution >= 0.6 is 0 Å². The first kappa shape index (κ1) is 5.52. The van der Waals surface area contributed by atoms with E-state index in [2.05, 4.69) is 12.2 Å². The molecular formula is C9H14. The van der Waals surface area contributed by atoms with Gasteiger partial charge in [0, 0.05) is 0 Å². The van der Waals surface area contributed by atoms with Crippen LogP contribution in [0, 0.1) is 11.8 Å². The lowest BCUT2D eigenvalue weighted by Gasteiger charge is -1.99. The summed E-state index contributed by atoms with van der Waals surface area (Å²) in [7, 11) is 0. The molecule has 0 aromatic carbocycles. The highest BCUT2D eigenvalue weighted by Crippen LogP contribution is 2.45. The van der Waals surface area contributed by atoms with Crippen LogP contribution in [0.2, 0.25) is 0 Å². The average Bonchev–Trinajstić information content (AvgIpc) is 2.46. The first-order valence-corrected chi connectivity index (χ1v) is 4.12. The molecule has 0 aromatic heterocycles. The molecule has 2 aliphatic rings. The van der Waals surface area contributed by atoms with E-state index in [1.165, 1.54) is 25.7 Å². The Morgan fingerprint density at radius 3 is 2.00 bits per heavy atom. The molecule has 1 unspecified atom stereocenters. The Balaban J connectivity index is 1.91. The largest absolute Gasteiger partial charge is 0.0885 e. The fourth-order valence-electron chi connectivity index (χ4n) is 1.87. The maximum Gasteiger partial charge on any atom is -0.0348 e. The third-order valence-electron chi connectivity index (χ3n) is 2.64. The van der Waals surface area contributed by atoms with Gasteiger partial charge in [0.1, 0.15) is 0 Å². The van der Waals surface area contributed by atoms with E-state index < -0.39 is 0 Å². The van der Waals surface area contributed by atoms with Crippen molar-refractivity contribution in [2.75, 3.05) is 0 Å². The zero-order valence-electron chi connectivity index (χ0n) is 5.84. The molecule has 2 rings (SSSR count). The van der Waals surface area contributed by atoms with Gasteiger partial charge >= 0.3 is 0 Å². The first-order chi connectivity index (χ1) is 4.47. The molecule has 0 nitrogen and oxygen atoms in total. The van der Waals surface area contributed by atoms with Crippen molar-refractivity contribution in [3.05, 3.63) is 12.2 Å². The minimum Gasteiger partial charge on any atom is -0.0885 e. The zero-order valence-corrected chi connectivity index (χ0v) is 5.84. The average molecular weight is 122 g/mol. The number of hydrogen-bond donors (Lipinski definition) is 0. The van der Waals surface area contributed by atoms with E-state index in [0.717, 1.165) is 11.8 Å². The summed E-state index contributed by atoms with van der Waals surface area (Å²) in [5.41, 5.74) is 0. The van der Waals surface area contributed by atoms with Crippen LogP contribution in [0.25, 0.3) is 0 Å². The Labute approximate surface area is 57.0 Å². The van der Waals surface area contributed by atoms with Gasteiger partial charge in [0.05, 0.1) is 0 Å². The summed E-state index contributed by atoms with van der Waals surface area (Å²) in [6.07, 6.45) is 11.9. The van der Waals surface area contributed by atoms with Gasteiger partial charge in [-0.25, -0.2) is 0 Å². The molecule has 9 heavy (non-hydrogen) atoms. The van der Waals surface area contributed by atoms with Crippen molar-refractivity contribution in [2.45, 2.75) is 32.1 Å². The highest BCUT2D eigenvalue weighted by Gasteiger charge is 2.35. The van der Waals surface area contributed by atoms with E-state index in [9.17, 15) is 0 Å². The van der Waals surface area contributed by atoms with Crippen LogP contribution in [0.5, 0.6) is 0 Å². The lowest BCUT2D eigenvalue weighted by atomic mass is 10.1. The van der Waals surface area contributed by atoms with Crippen LogP contribution in [0.1, 0.15) is 32.1 Å². The lowest BCUT2D eigenvalue weighted by Crippen LogP contribution is -1.85. The van der Waals surface area contributed by atoms with Crippen LogP contribution in [0.4, 0.5) is 0 Å². The molecule has 1 saturated carbocycles. The van der Waals surface area contributed by atoms with Crippen LogP contribution in [0.3, 0.4) is 0 Å². The number of allylic oxidation sites excluding steroid dienone is 2. The van der Waals surface area contributed by atoms with Gasteiger partial charge in [0.25, 0.3) is 0 Å². The normalized spacial score (nSPS) is 44.4. The second-order valence-electron chi connectivity index (χ2n) is 3.38. The van der Waals surface area contributed by atoms with Gasteiger partial charge in [0.2, 0.25) is 0 Å². The summed E-state index contributed by atoms with van der Waals surface area (Å²) >= 11 is 0. The van der Waals surface area contributed by atoms with E-state index in [4.69, 9.17) is 0 Å². The molecule has 2 atom stereocenters. The molecule has 0 amide bonds. The maximum absolute atomic E-state index is 2.36. The van der Waals surface area contributed by atoms with Crippen molar-refractivity contribution < 1.29 is 0 Å². The molecule has 0 heterocycles. The summed E-state index contributed by atoms with van der Waals surface area (Å²) in [6, 6.07) is 0. The molecule has 0 spiro atoms. The van der Waals surface area contributed by atoms with Crippen molar-refractivity contribution >= 4 is 0 Å². The Bertz CT molecular complexity index is 110. The number of fused-ring (bicyclic) bond motifs is 1. The molecule has 0 N–H and O–H groups in total. The fraction of sp³-hybridized carbons (Fsp3) is 0.778. The monoisotopic (exact) mass is 122 g/mol. The second-order valence-corrected chi connectivity index (χ2v) is 3.38. The lowest BCUT2D eigenvalue weighted by molar-refractivity contribution is 0.605. The van der Waals surface area contributed by atoms with Gasteiger partial charge in [-0.15, -0.1) is 0 Å². The fourth-order valence-corrected chi connectivity index (χ4v) is 1.87. The van der Waals surface area contributed by atoms with Gasteiger partial charge in [-0.1, -0.05) is 12.2 Å². The van der Waals surface area contributed by atoms with Crippen LogP contribution in [-0.2, 0) is 0 Å². The predicted molar refractivity (Wildman–Crippen MR) is 39.2 cm³/mol. The van der Waals surface area contributed by atoms with Gasteiger partial charge in [0.15, 0.2) is 0 Å². The Kier molecular flexibility index (Phi) is 1.33. The topological polar surface area (TPSA) is 0 Å². The highest BCUT2D eigenvalue weighted by atomic mass is 14.4. The molecule has 0 aliphatic heterocycles. The third kappa shape index (κ3) is 1.17. The Hall–Kier alpha value is -0.260. The van der Waals surface area contributed by atoms with E-state index in [1.54, 1.807) is 6.42 Å². The van der Waals surface area contributed by atoms with E-state index in [0.29, 0.717) is 0 Å². The molecule has 0 bridgehead atoms. The Morgan fingerprint density at radius 1 is 0.889 bits per heavy atom. The van der Waals surface area contributed by atoms with Crippen molar-refractivity contribution in [3.8, 4) is 0 Å². The molecule has 0 radical (unpaired) electrons. The zero-order chi connectivity index (χ0) is 6.10. The standard InChI is InChI=1S/C9H14/c1-2-4-6-9-7-8(9)5-3-1/h1-2,8-9H,3-7H2/b2-1-/t8-,9?/m0/s1. The van der Waals surface area contributed by atoms with Gasteiger partial charge in [-0.2, -0.15) is 0 Å². The quantitative estimate of drug-likeness (QED) is 0.433. The molecule has 2 aliphatic carbocycles. The molecule has 0 saturated heterocycles. The van der Waals surface area contributed by atoms with Crippen molar-refractivity contribution in [1.29, 1.82) is 0 Å². The van der Waals surface area contributed by atoms with Crippen LogP contribution in [-0.4, -0.2) is 0 Å². The molecule has 1 fully saturated rings. The SMILES string of the molecule is C1=C\CC[C@H]2CC2CC/1. The van der Waals surface area contributed by atoms with Gasteiger partial charge in [-0.3, -0.25) is 0 Å². The van der Waals surface area contributed by atoms with Crippen molar-refractivity contribution in [3.63, 3.8) is 0 Å². The predicted octanol–water partition coefficient (Wildman–Crippen LogP) is 2.75.